The highest BCUT2D eigenvalue weighted by atomic mass is 16.1. The lowest BCUT2D eigenvalue weighted by Crippen LogP contribution is -2.41. The minimum atomic E-state index is -0.137. The largest absolute Gasteiger partial charge is 0.317 e. The van der Waals surface area contributed by atoms with Crippen molar-refractivity contribution in [2.45, 2.75) is 46.5 Å². The molecule has 1 aromatic rings. The molecule has 20 heavy (non-hydrogen) atoms. The molecule has 2 nitrogen and oxygen atoms in total. The maximum Gasteiger partial charge on any atom is 0.169 e. The monoisotopic (exact) mass is 273 g/mol. The van der Waals surface area contributed by atoms with Crippen LogP contribution in [0.25, 0.3) is 0 Å². The zero-order valence-electron chi connectivity index (χ0n) is 13.0. The Kier molecular flexibility index (Phi) is 4.98. The van der Waals surface area contributed by atoms with Gasteiger partial charge in [-0.2, -0.15) is 0 Å². The number of carbonyl (C=O) groups is 1. The van der Waals surface area contributed by atoms with E-state index in [0.717, 1.165) is 44.3 Å². The first kappa shape index (κ1) is 15.2. The molecule has 1 aromatic carbocycles. The Morgan fingerprint density at radius 2 is 2.00 bits per heavy atom. The molecule has 0 bridgehead atoms. The Hall–Kier alpha value is -1.15. The van der Waals surface area contributed by atoms with E-state index in [0.29, 0.717) is 11.7 Å². The lowest BCUT2D eigenvalue weighted by molar-refractivity contribution is 0.0717. The second-order valence-electron chi connectivity index (χ2n) is 6.51. The van der Waals surface area contributed by atoms with Crippen LogP contribution in [0.4, 0.5) is 0 Å². The van der Waals surface area contributed by atoms with Gasteiger partial charge in [-0.05, 0) is 56.3 Å². The highest BCUT2D eigenvalue weighted by Gasteiger charge is 2.38. The summed E-state index contributed by atoms with van der Waals surface area (Å²) in [4.78, 5) is 13.0. The fourth-order valence-corrected chi connectivity index (χ4v) is 3.26. The van der Waals surface area contributed by atoms with Crippen molar-refractivity contribution in [2.24, 2.45) is 11.3 Å². The van der Waals surface area contributed by atoms with Gasteiger partial charge in [0, 0.05) is 11.0 Å². The Balaban J connectivity index is 2.23. The third kappa shape index (κ3) is 3.29. The molecule has 110 valence electrons. The van der Waals surface area contributed by atoms with Crippen LogP contribution in [0, 0.1) is 11.3 Å². The van der Waals surface area contributed by atoms with Crippen LogP contribution in [0.5, 0.6) is 0 Å². The standard InChI is InChI=1S/C18H27NO/c1-4-18(8-10-19-11-9-18)17(20)16-7-5-6-15(13-16)12-14(2)3/h5-7,13-14,19H,4,8-12H2,1-3H3. The van der Waals surface area contributed by atoms with E-state index in [1.54, 1.807) is 0 Å². The van der Waals surface area contributed by atoms with Crippen LogP contribution in [0.2, 0.25) is 0 Å². The average molecular weight is 273 g/mol. The lowest BCUT2D eigenvalue weighted by atomic mass is 9.71. The summed E-state index contributed by atoms with van der Waals surface area (Å²) in [7, 11) is 0. The molecule has 1 aliphatic rings. The molecule has 0 saturated carbocycles. The Labute approximate surface area is 123 Å². The van der Waals surface area contributed by atoms with Gasteiger partial charge in [0.05, 0.1) is 0 Å². The summed E-state index contributed by atoms with van der Waals surface area (Å²) in [5.41, 5.74) is 2.06. The molecule has 0 atom stereocenters. The second-order valence-corrected chi connectivity index (χ2v) is 6.51. The van der Waals surface area contributed by atoms with E-state index in [1.165, 1.54) is 5.56 Å². The van der Waals surface area contributed by atoms with E-state index >= 15 is 0 Å². The highest BCUT2D eigenvalue weighted by Crippen LogP contribution is 2.36. The molecule has 1 aliphatic heterocycles. The van der Waals surface area contributed by atoms with Crippen molar-refractivity contribution in [3.63, 3.8) is 0 Å². The number of benzene rings is 1. The summed E-state index contributed by atoms with van der Waals surface area (Å²) >= 11 is 0. The fraction of sp³-hybridized carbons (Fsp3) is 0.611. The van der Waals surface area contributed by atoms with Crippen LogP contribution >= 0.6 is 0 Å². The van der Waals surface area contributed by atoms with Gasteiger partial charge < -0.3 is 5.32 Å². The van der Waals surface area contributed by atoms with E-state index in [2.05, 4.69) is 38.2 Å². The SMILES string of the molecule is CCC1(C(=O)c2cccc(CC(C)C)c2)CCNCC1. The fourth-order valence-electron chi connectivity index (χ4n) is 3.26. The van der Waals surface area contributed by atoms with Gasteiger partial charge >= 0.3 is 0 Å². The Bertz CT molecular complexity index is 458. The van der Waals surface area contributed by atoms with E-state index < -0.39 is 0 Å². The molecule has 1 fully saturated rings. The highest BCUT2D eigenvalue weighted by molar-refractivity contribution is 6.00. The van der Waals surface area contributed by atoms with Gasteiger partial charge in [0.15, 0.2) is 5.78 Å². The minimum Gasteiger partial charge on any atom is -0.317 e. The summed E-state index contributed by atoms with van der Waals surface area (Å²) in [6, 6.07) is 8.28. The van der Waals surface area contributed by atoms with Crippen molar-refractivity contribution in [3.05, 3.63) is 35.4 Å². The van der Waals surface area contributed by atoms with E-state index in [4.69, 9.17) is 0 Å². The third-order valence-corrected chi connectivity index (χ3v) is 4.55. The van der Waals surface area contributed by atoms with Crippen LogP contribution in [-0.2, 0) is 6.42 Å². The number of Topliss-reactive ketones (excluding diaryl/α,β-unsaturated/α-hetero) is 1. The number of rotatable bonds is 5. The van der Waals surface area contributed by atoms with E-state index in [-0.39, 0.29) is 5.41 Å². The molecule has 1 heterocycles. The molecule has 0 spiro atoms. The van der Waals surface area contributed by atoms with Gasteiger partial charge in [0.1, 0.15) is 0 Å². The van der Waals surface area contributed by atoms with Crippen LogP contribution < -0.4 is 5.32 Å². The molecule has 2 heteroatoms. The number of hydrogen-bond acceptors (Lipinski definition) is 2. The Morgan fingerprint density at radius 3 is 2.60 bits per heavy atom. The van der Waals surface area contributed by atoms with Gasteiger partial charge in [0.25, 0.3) is 0 Å². The van der Waals surface area contributed by atoms with Gasteiger partial charge in [-0.25, -0.2) is 0 Å². The summed E-state index contributed by atoms with van der Waals surface area (Å²) in [6.07, 6.45) is 3.93. The maximum atomic E-state index is 13.0. The normalized spacial score (nSPS) is 18.2. The number of carbonyl (C=O) groups excluding carboxylic acids is 1. The average Bonchev–Trinajstić information content (AvgIpc) is 2.47. The first-order valence-corrected chi connectivity index (χ1v) is 7.92. The van der Waals surface area contributed by atoms with E-state index in [1.807, 2.05) is 12.1 Å². The molecule has 0 amide bonds. The summed E-state index contributed by atoms with van der Waals surface area (Å²) in [5.74, 6) is 0.978. The maximum absolute atomic E-state index is 13.0. The van der Waals surface area contributed by atoms with Crippen molar-refractivity contribution in [3.8, 4) is 0 Å². The third-order valence-electron chi connectivity index (χ3n) is 4.55. The van der Waals surface area contributed by atoms with Crippen molar-refractivity contribution >= 4 is 5.78 Å². The Morgan fingerprint density at radius 1 is 1.30 bits per heavy atom. The van der Waals surface area contributed by atoms with Crippen LogP contribution in [0.15, 0.2) is 24.3 Å². The first-order valence-electron chi connectivity index (χ1n) is 7.92. The zero-order chi connectivity index (χ0) is 14.6. The number of ketones is 1. The summed E-state index contributed by atoms with van der Waals surface area (Å²) in [5, 5.41) is 3.37. The molecular weight excluding hydrogens is 246 g/mol. The number of hydrogen-bond donors (Lipinski definition) is 1. The number of piperidine rings is 1. The quantitative estimate of drug-likeness (QED) is 0.826. The minimum absolute atomic E-state index is 0.137. The first-order chi connectivity index (χ1) is 9.57. The summed E-state index contributed by atoms with van der Waals surface area (Å²) < 4.78 is 0. The van der Waals surface area contributed by atoms with Crippen LogP contribution in [-0.4, -0.2) is 18.9 Å². The molecular formula is C18H27NO. The predicted molar refractivity (Wildman–Crippen MR) is 84.1 cm³/mol. The van der Waals surface area contributed by atoms with Crippen molar-refractivity contribution in [1.29, 1.82) is 0 Å². The second kappa shape index (κ2) is 6.53. The van der Waals surface area contributed by atoms with Crippen molar-refractivity contribution in [1.82, 2.24) is 5.32 Å². The van der Waals surface area contributed by atoms with Gasteiger partial charge in [-0.15, -0.1) is 0 Å². The smallest absolute Gasteiger partial charge is 0.169 e. The van der Waals surface area contributed by atoms with Gasteiger partial charge in [-0.3, -0.25) is 4.79 Å². The molecule has 1 N–H and O–H groups in total. The molecule has 2 rings (SSSR count). The van der Waals surface area contributed by atoms with Crippen molar-refractivity contribution < 1.29 is 4.79 Å². The van der Waals surface area contributed by atoms with E-state index in [9.17, 15) is 4.79 Å². The molecule has 1 saturated heterocycles. The zero-order valence-corrected chi connectivity index (χ0v) is 13.0. The molecule has 0 unspecified atom stereocenters. The predicted octanol–water partition coefficient (Wildman–Crippen LogP) is 3.85. The summed E-state index contributed by atoms with van der Waals surface area (Å²) in [6.45, 7) is 8.52. The van der Waals surface area contributed by atoms with Gasteiger partial charge in [0.2, 0.25) is 0 Å². The topological polar surface area (TPSA) is 29.1 Å². The molecule has 0 aliphatic carbocycles. The van der Waals surface area contributed by atoms with Crippen molar-refractivity contribution in [2.75, 3.05) is 13.1 Å². The molecule has 0 aromatic heterocycles. The lowest BCUT2D eigenvalue weighted by Gasteiger charge is -2.35. The number of nitrogens with one attached hydrogen (secondary N) is 1. The van der Waals surface area contributed by atoms with Gasteiger partial charge in [-0.1, -0.05) is 39.0 Å². The van der Waals surface area contributed by atoms with Crippen LogP contribution in [0.3, 0.4) is 0 Å². The molecule has 0 radical (unpaired) electrons. The van der Waals surface area contributed by atoms with Crippen LogP contribution in [0.1, 0.15) is 56.0 Å².